The lowest BCUT2D eigenvalue weighted by Crippen LogP contribution is -2.30. The normalized spacial score (nSPS) is 18.6. The first-order valence-corrected chi connectivity index (χ1v) is 8.40. The molecule has 0 aliphatic carbocycles. The summed E-state index contributed by atoms with van der Waals surface area (Å²) in [6, 6.07) is 27.5. The molecule has 0 saturated carbocycles. The van der Waals surface area contributed by atoms with Crippen LogP contribution in [0.5, 0.6) is 0 Å². The standard InChI is InChI=1S/C22H19NO2/c1-16-12-14-17(15-13-16)20-21(25-20)22(24)23(18-8-4-2-5-9-18)19-10-6-3-7-11-19/h2-15,20-21H,1H3/t20-,21-/m1/s1. The second kappa shape index (κ2) is 6.54. The predicted molar refractivity (Wildman–Crippen MR) is 98.8 cm³/mol. The Bertz CT molecular complexity index is 820. The highest BCUT2D eigenvalue weighted by atomic mass is 16.6. The first kappa shape index (κ1) is 15.6. The molecular weight excluding hydrogens is 310 g/mol. The molecule has 0 N–H and O–H groups in total. The number of carbonyl (C=O) groups excluding carboxylic acids is 1. The van der Waals surface area contributed by atoms with Gasteiger partial charge in [0.1, 0.15) is 6.10 Å². The Kier molecular flexibility index (Phi) is 4.08. The van der Waals surface area contributed by atoms with E-state index in [1.54, 1.807) is 4.90 Å². The van der Waals surface area contributed by atoms with Gasteiger partial charge in [0.2, 0.25) is 0 Å². The first-order chi connectivity index (χ1) is 12.2. The second-order valence-electron chi connectivity index (χ2n) is 6.23. The van der Waals surface area contributed by atoms with Gasteiger partial charge in [-0.25, -0.2) is 0 Å². The molecule has 0 unspecified atom stereocenters. The van der Waals surface area contributed by atoms with E-state index in [0.717, 1.165) is 16.9 Å². The maximum atomic E-state index is 13.2. The van der Waals surface area contributed by atoms with Crippen molar-refractivity contribution in [3.05, 3.63) is 96.1 Å². The zero-order valence-corrected chi connectivity index (χ0v) is 14.0. The number of hydrogen-bond donors (Lipinski definition) is 0. The van der Waals surface area contributed by atoms with E-state index in [0.29, 0.717) is 0 Å². The molecule has 0 spiro atoms. The Morgan fingerprint density at radius 1 is 0.800 bits per heavy atom. The molecule has 2 atom stereocenters. The number of aryl methyl sites for hydroxylation is 1. The maximum absolute atomic E-state index is 13.2. The van der Waals surface area contributed by atoms with Crippen molar-refractivity contribution in [3.8, 4) is 0 Å². The Morgan fingerprint density at radius 3 is 1.84 bits per heavy atom. The van der Waals surface area contributed by atoms with Gasteiger partial charge in [-0.15, -0.1) is 0 Å². The van der Waals surface area contributed by atoms with Gasteiger partial charge in [0.25, 0.3) is 5.91 Å². The molecule has 4 rings (SSSR count). The number of amides is 1. The molecule has 3 nitrogen and oxygen atoms in total. The van der Waals surface area contributed by atoms with Gasteiger partial charge in [0, 0.05) is 11.4 Å². The first-order valence-electron chi connectivity index (χ1n) is 8.40. The van der Waals surface area contributed by atoms with E-state index >= 15 is 0 Å². The summed E-state index contributed by atoms with van der Waals surface area (Å²) in [5.41, 5.74) is 3.93. The number of nitrogens with zero attached hydrogens (tertiary/aromatic N) is 1. The third kappa shape index (κ3) is 3.19. The monoisotopic (exact) mass is 329 g/mol. The summed E-state index contributed by atoms with van der Waals surface area (Å²) in [6.45, 7) is 2.05. The Balaban J connectivity index is 1.62. The van der Waals surface area contributed by atoms with Gasteiger partial charge in [-0.2, -0.15) is 0 Å². The fraction of sp³-hybridized carbons (Fsp3) is 0.136. The van der Waals surface area contributed by atoms with Crippen molar-refractivity contribution in [2.75, 3.05) is 4.90 Å². The highest BCUT2D eigenvalue weighted by Crippen LogP contribution is 2.42. The fourth-order valence-electron chi connectivity index (χ4n) is 2.99. The maximum Gasteiger partial charge on any atom is 0.263 e. The van der Waals surface area contributed by atoms with Crippen LogP contribution in [0.2, 0.25) is 0 Å². The number of hydrogen-bond acceptors (Lipinski definition) is 2. The minimum Gasteiger partial charge on any atom is -0.354 e. The van der Waals surface area contributed by atoms with Crippen molar-refractivity contribution in [1.82, 2.24) is 0 Å². The van der Waals surface area contributed by atoms with Crippen molar-refractivity contribution in [2.24, 2.45) is 0 Å². The Morgan fingerprint density at radius 2 is 1.32 bits per heavy atom. The van der Waals surface area contributed by atoms with E-state index in [9.17, 15) is 4.79 Å². The second-order valence-corrected chi connectivity index (χ2v) is 6.23. The summed E-state index contributed by atoms with van der Waals surface area (Å²) < 4.78 is 5.74. The number of para-hydroxylation sites is 2. The molecule has 3 aromatic rings. The summed E-state index contributed by atoms with van der Waals surface area (Å²) in [5, 5.41) is 0. The zero-order chi connectivity index (χ0) is 17.2. The van der Waals surface area contributed by atoms with Crippen LogP contribution in [0, 0.1) is 6.92 Å². The highest BCUT2D eigenvalue weighted by molar-refractivity contribution is 6.04. The van der Waals surface area contributed by atoms with Gasteiger partial charge in [-0.1, -0.05) is 66.2 Å². The number of epoxide rings is 1. The summed E-state index contributed by atoms with van der Waals surface area (Å²) in [4.78, 5) is 14.9. The van der Waals surface area contributed by atoms with Gasteiger partial charge in [0.15, 0.2) is 6.10 Å². The van der Waals surface area contributed by atoms with Gasteiger partial charge in [-0.05, 0) is 36.8 Å². The largest absolute Gasteiger partial charge is 0.354 e. The number of anilines is 2. The van der Waals surface area contributed by atoms with Gasteiger partial charge >= 0.3 is 0 Å². The number of rotatable bonds is 4. The SMILES string of the molecule is Cc1ccc([C@H]2O[C@H]2C(=O)N(c2ccccc2)c2ccccc2)cc1. The molecule has 1 aliphatic heterocycles. The van der Waals surface area contributed by atoms with E-state index in [4.69, 9.17) is 4.74 Å². The van der Waals surface area contributed by atoms with Crippen molar-refractivity contribution in [1.29, 1.82) is 0 Å². The molecule has 1 heterocycles. The molecule has 3 aromatic carbocycles. The lowest BCUT2D eigenvalue weighted by atomic mass is 10.1. The van der Waals surface area contributed by atoms with E-state index < -0.39 is 6.10 Å². The van der Waals surface area contributed by atoms with Crippen molar-refractivity contribution >= 4 is 17.3 Å². The Hall–Kier alpha value is -2.91. The van der Waals surface area contributed by atoms with Crippen LogP contribution in [0.4, 0.5) is 11.4 Å². The third-order valence-electron chi connectivity index (χ3n) is 4.39. The number of ether oxygens (including phenoxy) is 1. The minimum atomic E-state index is -0.442. The molecule has 3 heteroatoms. The minimum absolute atomic E-state index is 0.0389. The van der Waals surface area contributed by atoms with Crippen LogP contribution in [0.25, 0.3) is 0 Å². The molecular formula is C22H19NO2. The summed E-state index contributed by atoms with van der Waals surface area (Å²) in [7, 11) is 0. The highest BCUT2D eigenvalue weighted by Gasteiger charge is 2.48. The molecule has 124 valence electrons. The Labute approximate surface area is 147 Å². The van der Waals surface area contributed by atoms with Crippen molar-refractivity contribution < 1.29 is 9.53 Å². The lowest BCUT2D eigenvalue weighted by Gasteiger charge is -2.22. The molecule has 0 aromatic heterocycles. The average molecular weight is 329 g/mol. The average Bonchev–Trinajstić information content (AvgIpc) is 3.45. The van der Waals surface area contributed by atoms with Crippen LogP contribution in [-0.4, -0.2) is 12.0 Å². The van der Waals surface area contributed by atoms with E-state index in [-0.39, 0.29) is 12.0 Å². The van der Waals surface area contributed by atoms with E-state index in [1.165, 1.54) is 5.56 Å². The summed E-state index contributed by atoms with van der Waals surface area (Å²) >= 11 is 0. The van der Waals surface area contributed by atoms with Crippen molar-refractivity contribution in [2.45, 2.75) is 19.1 Å². The van der Waals surface area contributed by atoms with Crippen LogP contribution >= 0.6 is 0 Å². The third-order valence-corrected chi connectivity index (χ3v) is 4.39. The topological polar surface area (TPSA) is 32.8 Å². The molecule has 0 bridgehead atoms. The summed E-state index contributed by atoms with van der Waals surface area (Å²) in [6.07, 6.45) is -0.605. The molecule has 0 radical (unpaired) electrons. The van der Waals surface area contributed by atoms with Crippen LogP contribution in [-0.2, 0) is 9.53 Å². The quantitative estimate of drug-likeness (QED) is 0.644. The van der Waals surface area contributed by atoms with Crippen LogP contribution in [0.1, 0.15) is 17.2 Å². The molecule has 1 saturated heterocycles. The van der Waals surface area contributed by atoms with Gasteiger partial charge in [-0.3, -0.25) is 9.69 Å². The molecule has 1 amide bonds. The van der Waals surface area contributed by atoms with E-state index in [1.807, 2.05) is 91.9 Å². The number of benzene rings is 3. The smallest absolute Gasteiger partial charge is 0.263 e. The van der Waals surface area contributed by atoms with Crippen LogP contribution in [0.3, 0.4) is 0 Å². The zero-order valence-electron chi connectivity index (χ0n) is 14.0. The number of carbonyl (C=O) groups is 1. The lowest BCUT2D eigenvalue weighted by molar-refractivity contribution is -0.119. The van der Waals surface area contributed by atoms with E-state index in [2.05, 4.69) is 0 Å². The molecule has 1 fully saturated rings. The molecule has 1 aliphatic rings. The van der Waals surface area contributed by atoms with Crippen LogP contribution < -0.4 is 4.90 Å². The van der Waals surface area contributed by atoms with Gasteiger partial charge < -0.3 is 4.74 Å². The van der Waals surface area contributed by atoms with Crippen molar-refractivity contribution in [3.63, 3.8) is 0 Å². The van der Waals surface area contributed by atoms with Gasteiger partial charge in [0.05, 0.1) is 0 Å². The molecule has 25 heavy (non-hydrogen) atoms. The predicted octanol–water partition coefficient (Wildman–Crippen LogP) is 4.80. The summed E-state index contributed by atoms with van der Waals surface area (Å²) in [5.74, 6) is -0.0389. The van der Waals surface area contributed by atoms with Crippen LogP contribution in [0.15, 0.2) is 84.9 Å². The fourth-order valence-corrected chi connectivity index (χ4v) is 2.99.